The second-order valence-electron chi connectivity index (χ2n) is 6.55. The Bertz CT molecular complexity index is 1160. The highest BCUT2D eigenvalue weighted by molar-refractivity contribution is 7.99. The van der Waals surface area contributed by atoms with E-state index in [2.05, 4.69) is 5.16 Å². The van der Waals surface area contributed by atoms with Crippen molar-refractivity contribution in [2.75, 3.05) is 12.9 Å². The van der Waals surface area contributed by atoms with Gasteiger partial charge in [0.05, 0.1) is 17.2 Å². The number of thioether (sulfide) groups is 1. The minimum Gasteiger partial charge on any atom is -0.497 e. The summed E-state index contributed by atoms with van der Waals surface area (Å²) in [6.07, 6.45) is 0.303. The van der Waals surface area contributed by atoms with Gasteiger partial charge in [-0.05, 0) is 47.2 Å². The number of halogens is 2. The number of carbonyl (C=O) groups excluding carboxylic acids is 2. The minimum absolute atomic E-state index is 0.163. The van der Waals surface area contributed by atoms with Crippen LogP contribution >= 0.6 is 35.0 Å². The van der Waals surface area contributed by atoms with Crippen molar-refractivity contribution in [1.29, 1.82) is 0 Å². The lowest BCUT2D eigenvalue weighted by Crippen LogP contribution is -2.16. The molecule has 0 aliphatic rings. The zero-order valence-electron chi connectivity index (χ0n) is 16.9. The molecule has 0 heterocycles. The largest absolute Gasteiger partial charge is 0.497 e. The molecule has 0 aliphatic carbocycles. The molecule has 0 saturated heterocycles. The Morgan fingerprint density at radius 1 is 0.968 bits per heavy atom. The normalized spacial score (nSPS) is 11.4. The van der Waals surface area contributed by atoms with E-state index in [1.165, 1.54) is 18.7 Å². The summed E-state index contributed by atoms with van der Waals surface area (Å²) in [5, 5.41) is 6.59. The van der Waals surface area contributed by atoms with Crippen LogP contribution in [0.4, 0.5) is 0 Å². The highest BCUT2D eigenvalue weighted by Gasteiger charge is 2.17. The topological polar surface area (TPSA) is 65.0 Å². The van der Waals surface area contributed by atoms with E-state index in [1.807, 2.05) is 30.3 Å². The summed E-state index contributed by atoms with van der Waals surface area (Å²) in [5.74, 6) is 0.388. The molecule has 160 valence electrons. The number of nitrogens with zero attached hydrogens (tertiary/aromatic N) is 1. The molecule has 0 atom stereocenters. The second kappa shape index (κ2) is 10.7. The van der Waals surface area contributed by atoms with Gasteiger partial charge in [-0.15, -0.1) is 11.8 Å². The molecular weight excluding hydrogens is 457 g/mol. The summed E-state index contributed by atoms with van der Waals surface area (Å²) >= 11 is 13.5. The molecule has 8 heteroatoms. The van der Waals surface area contributed by atoms with E-state index in [-0.39, 0.29) is 11.5 Å². The standard InChI is InChI=1S/C23H19Cl2NO4S/c1-14(27)30-26-22(9-10-31-19-7-8-20(24)21(25)13-19)23(28)17-4-3-16-12-18(29-2)6-5-15(16)11-17/h3-8,11-13H,9-10H2,1-2H3. The van der Waals surface area contributed by atoms with Gasteiger partial charge in [-0.2, -0.15) is 0 Å². The van der Waals surface area contributed by atoms with Crippen molar-refractivity contribution in [3.05, 3.63) is 70.2 Å². The van der Waals surface area contributed by atoms with Crippen LogP contribution in [-0.2, 0) is 9.63 Å². The van der Waals surface area contributed by atoms with Crippen molar-refractivity contribution >= 4 is 63.2 Å². The van der Waals surface area contributed by atoms with Crippen LogP contribution in [0.15, 0.2) is 64.6 Å². The van der Waals surface area contributed by atoms with E-state index < -0.39 is 5.97 Å². The van der Waals surface area contributed by atoms with E-state index in [9.17, 15) is 9.59 Å². The van der Waals surface area contributed by atoms with Gasteiger partial charge >= 0.3 is 5.97 Å². The van der Waals surface area contributed by atoms with Crippen LogP contribution in [-0.4, -0.2) is 30.3 Å². The van der Waals surface area contributed by atoms with Crippen LogP contribution in [0.5, 0.6) is 5.75 Å². The number of rotatable bonds is 8. The monoisotopic (exact) mass is 475 g/mol. The number of methoxy groups -OCH3 is 1. The Hall–Kier alpha value is -2.54. The first-order chi connectivity index (χ1) is 14.9. The van der Waals surface area contributed by atoms with E-state index >= 15 is 0 Å². The lowest BCUT2D eigenvalue weighted by Gasteiger charge is -2.08. The van der Waals surface area contributed by atoms with E-state index in [4.69, 9.17) is 32.8 Å². The quantitative estimate of drug-likeness (QED) is 0.123. The molecule has 0 aromatic heterocycles. The lowest BCUT2D eigenvalue weighted by atomic mass is 10.0. The predicted octanol–water partition coefficient (Wildman–Crippen LogP) is 6.44. The van der Waals surface area contributed by atoms with Crippen molar-refractivity contribution < 1.29 is 19.2 Å². The number of ether oxygens (including phenoxy) is 1. The molecule has 0 bridgehead atoms. The number of benzene rings is 3. The summed E-state index contributed by atoms with van der Waals surface area (Å²) < 4.78 is 5.23. The third kappa shape index (κ3) is 6.23. The Morgan fingerprint density at radius 3 is 2.42 bits per heavy atom. The fraction of sp³-hybridized carbons (Fsp3) is 0.174. The first-order valence-electron chi connectivity index (χ1n) is 9.32. The molecule has 3 aromatic rings. The van der Waals surface area contributed by atoms with Gasteiger partial charge in [0.15, 0.2) is 0 Å². The molecule has 0 fully saturated rings. The van der Waals surface area contributed by atoms with Gasteiger partial charge in [0.1, 0.15) is 11.5 Å². The van der Waals surface area contributed by atoms with Crippen LogP contribution in [0.2, 0.25) is 10.0 Å². The maximum absolute atomic E-state index is 13.1. The van der Waals surface area contributed by atoms with E-state index in [1.54, 1.807) is 31.4 Å². The van der Waals surface area contributed by atoms with Crippen molar-refractivity contribution in [2.24, 2.45) is 5.16 Å². The van der Waals surface area contributed by atoms with Crippen molar-refractivity contribution in [3.8, 4) is 5.75 Å². The van der Waals surface area contributed by atoms with Crippen molar-refractivity contribution in [3.63, 3.8) is 0 Å². The Labute approximate surface area is 194 Å². The van der Waals surface area contributed by atoms with Gasteiger partial charge in [-0.25, -0.2) is 4.79 Å². The first kappa shape index (κ1) is 23.1. The summed E-state index contributed by atoms with van der Waals surface area (Å²) in [7, 11) is 1.60. The molecular formula is C23H19Cl2NO4S. The van der Waals surface area contributed by atoms with Crippen LogP contribution in [0, 0.1) is 0 Å². The van der Waals surface area contributed by atoms with Gasteiger partial charge < -0.3 is 9.57 Å². The van der Waals surface area contributed by atoms with Gasteiger partial charge in [0.2, 0.25) is 5.78 Å². The molecule has 0 N–H and O–H groups in total. The number of oxime groups is 1. The number of hydrogen-bond donors (Lipinski definition) is 0. The molecule has 0 aliphatic heterocycles. The molecule has 31 heavy (non-hydrogen) atoms. The summed E-state index contributed by atoms with van der Waals surface area (Å²) in [4.78, 5) is 30.0. The second-order valence-corrected chi connectivity index (χ2v) is 8.53. The Balaban J connectivity index is 1.78. The van der Waals surface area contributed by atoms with Crippen molar-refractivity contribution in [2.45, 2.75) is 18.2 Å². The smallest absolute Gasteiger partial charge is 0.331 e. The Morgan fingerprint density at radius 2 is 1.71 bits per heavy atom. The average Bonchev–Trinajstić information content (AvgIpc) is 2.77. The number of Topliss-reactive ketones (excluding diaryl/α,β-unsaturated/α-hetero) is 1. The average molecular weight is 476 g/mol. The third-order valence-electron chi connectivity index (χ3n) is 4.35. The van der Waals surface area contributed by atoms with Crippen molar-refractivity contribution in [1.82, 2.24) is 0 Å². The maximum atomic E-state index is 13.1. The number of ketones is 1. The SMILES string of the molecule is COc1ccc2cc(C(=O)C(CCSc3ccc(Cl)c(Cl)c3)=NOC(C)=O)ccc2c1. The maximum Gasteiger partial charge on any atom is 0.331 e. The number of fused-ring (bicyclic) bond motifs is 1. The predicted molar refractivity (Wildman–Crippen MR) is 126 cm³/mol. The van der Waals surface area contributed by atoms with Gasteiger partial charge in [-0.1, -0.05) is 46.6 Å². The molecule has 3 rings (SSSR count). The van der Waals surface area contributed by atoms with Crippen LogP contribution in [0.25, 0.3) is 10.8 Å². The fourth-order valence-corrected chi connectivity index (χ4v) is 4.07. The molecule has 0 spiro atoms. The minimum atomic E-state index is -0.590. The Kier molecular flexibility index (Phi) is 7.96. The van der Waals surface area contributed by atoms with E-state index in [0.29, 0.717) is 27.8 Å². The first-order valence-corrected chi connectivity index (χ1v) is 11.1. The molecule has 0 amide bonds. The number of carbonyl (C=O) groups is 2. The zero-order valence-corrected chi connectivity index (χ0v) is 19.2. The van der Waals surface area contributed by atoms with Gasteiger partial charge in [-0.3, -0.25) is 4.79 Å². The summed E-state index contributed by atoms with van der Waals surface area (Å²) in [5.41, 5.74) is 0.624. The fourth-order valence-electron chi connectivity index (χ4n) is 2.81. The van der Waals surface area contributed by atoms with Gasteiger partial charge in [0, 0.05) is 29.6 Å². The molecule has 0 radical (unpaired) electrons. The molecule has 0 saturated carbocycles. The van der Waals surface area contributed by atoms with Crippen LogP contribution in [0.3, 0.4) is 0 Å². The molecule has 3 aromatic carbocycles. The zero-order chi connectivity index (χ0) is 22.4. The van der Waals surface area contributed by atoms with E-state index in [0.717, 1.165) is 21.4 Å². The molecule has 0 unspecified atom stereocenters. The highest BCUT2D eigenvalue weighted by Crippen LogP contribution is 2.28. The number of hydrogen-bond acceptors (Lipinski definition) is 6. The summed E-state index contributed by atoms with van der Waals surface area (Å²) in [6.45, 7) is 1.24. The third-order valence-corrected chi connectivity index (χ3v) is 6.09. The van der Waals surface area contributed by atoms with Crippen LogP contribution in [0.1, 0.15) is 23.7 Å². The van der Waals surface area contributed by atoms with Crippen LogP contribution < -0.4 is 4.74 Å². The lowest BCUT2D eigenvalue weighted by molar-refractivity contribution is -0.140. The highest BCUT2D eigenvalue weighted by atomic mass is 35.5. The molecule has 5 nitrogen and oxygen atoms in total. The summed E-state index contributed by atoms with van der Waals surface area (Å²) in [6, 6.07) is 16.3. The van der Waals surface area contributed by atoms with Gasteiger partial charge in [0.25, 0.3) is 0 Å².